The molecule has 0 aliphatic heterocycles. The number of amides is 1. The van der Waals surface area contributed by atoms with E-state index in [2.05, 4.69) is 15.3 Å². The molecule has 0 bridgehead atoms. The first kappa shape index (κ1) is 18.2. The van der Waals surface area contributed by atoms with Crippen molar-refractivity contribution in [3.05, 3.63) is 57.8 Å². The lowest BCUT2D eigenvalue weighted by Crippen LogP contribution is -2.32. The number of pyridine rings is 1. The molecular weight excluding hydrogens is 349 g/mol. The first-order valence-corrected chi connectivity index (χ1v) is 8.08. The maximum atomic E-state index is 11.5. The Labute approximate surface area is 150 Å². The largest absolute Gasteiger partial charge is 0.412 e. The molecule has 1 aromatic heterocycles. The predicted molar refractivity (Wildman–Crippen MR) is 96.3 cm³/mol. The summed E-state index contributed by atoms with van der Waals surface area (Å²) in [6, 6.07) is 10.5. The van der Waals surface area contributed by atoms with Crippen LogP contribution in [0.25, 0.3) is 0 Å². The van der Waals surface area contributed by atoms with Gasteiger partial charge in [-0.2, -0.15) is 0 Å². The fourth-order valence-electron chi connectivity index (χ4n) is 1.86. The topological polar surface area (TPSA) is 63.6 Å². The first-order chi connectivity index (χ1) is 11.4. The smallest absolute Gasteiger partial charge is 0.410 e. The van der Waals surface area contributed by atoms with E-state index >= 15 is 0 Å². The van der Waals surface area contributed by atoms with Gasteiger partial charge in [0.25, 0.3) is 0 Å². The molecule has 0 saturated carbocycles. The highest BCUT2D eigenvalue weighted by molar-refractivity contribution is 6.32. The van der Waals surface area contributed by atoms with Gasteiger partial charge in [-0.25, -0.2) is 9.78 Å². The molecule has 0 aliphatic carbocycles. The summed E-state index contributed by atoms with van der Waals surface area (Å²) < 4.78 is 5.15. The van der Waals surface area contributed by atoms with E-state index in [0.717, 1.165) is 11.1 Å². The second kappa shape index (κ2) is 8.66. The average Bonchev–Trinajstić information content (AvgIpc) is 2.47. The number of ether oxygens (including phenoxy) is 1. The molecule has 0 aliphatic rings. The van der Waals surface area contributed by atoms with Crippen LogP contribution in [0.2, 0.25) is 10.3 Å². The Morgan fingerprint density at radius 2 is 1.88 bits per heavy atom. The van der Waals surface area contributed by atoms with Gasteiger partial charge in [-0.1, -0.05) is 23.2 Å². The summed E-state index contributed by atoms with van der Waals surface area (Å²) in [7, 11) is 0. The number of hydrogen-bond donors (Lipinski definition) is 1. The molecule has 7 heteroatoms. The lowest BCUT2D eigenvalue weighted by molar-refractivity contribution is 0.198. The zero-order valence-electron chi connectivity index (χ0n) is 13.3. The number of benzene rings is 1. The molecular formula is C17H17Cl2N3O2. The summed E-state index contributed by atoms with van der Waals surface area (Å²) in [5.41, 5.74) is 1.76. The number of aromatic nitrogens is 1. The van der Waals surface area contributed by atoms with Crippen molar-refractivity contribution in [1.29, 1.82) is 0 Å². The van der Waals surface area contributed by atoms with Gasteiger partial charge in [-0.15, -0.1) is 0 Å². The minimum absolute atomic E-state index is 0.0269. The van der Waals surface area contributed by atoms with Gasteiger partial charge in [-0.3, -0.25) is 4.99 Å². The molecule has 2 aromatic rings. The molecule has 1 amide bonds. The van der Waals surface area contributed by atoms with E-state index in [1.54, 1.807) is 30.5 Å². The number of halogens is 2. The molecule has 5 nitrogen and oxygen atoms in total. The number of carbonyl (C=O) groups excluding carboxylic acids is 1. The quantitative estimate of drug-likeness (QED) is 0.626. The minimum Gasteiger partial charge on any atom is -0.410 e. The van der Waals surface area contributed by atoms with E-state index in [0.29, 0.717) is 22.6 Å². The molecule has 24 heavy (non-hydrogen) atoms. The highest BCUT2D eigenvalue weighted by Crippen LogP contribution is 2.15. The molecule has 0 spiro atoms. The number of nitrogens with one attached hydrogen (secondary N) is 1. The Morgan fingerprint density at radius 3 is 2.46 bits per heavy atom. The summed E-state index contributed by atoms with van der Waals surface area (Å²) in [5.74, 6) is 0.470. The van der Waals surface area contributed by atoms with Crippen molar-refractivity contribution >= 4 is 35.5 Å². The van der Waals surface area contributed by atoms with Crippen molar-refractivity contribution in [3.8, 4) is 5.75 Å². The fraction of sp³-hybridized carbons (Fsp3) is 0.235. The van der Waals surface area contributed by atoms with Crippen molar-refractivity contribution in [1.82, 2.24) is 10.3 Å². The highest BCUT2D eigenvalue weighted by atomic mass is 35.5. The van der Waals surface area contributed by atoms with Gasteiger partial charge >= 0.3 is 6.09 Å². The summed E-state index contributed by atoms with van der Waals surface area (Å²) in [4.78, 5) is 19.7. The van der Waals surface area contributed by atoms with Crippen LogP contribution in [0.4, 0.5) is 4.79 Å². The zero-order valence-corrected chi connectivity index (χ0v) is 14.8. The monoisotopic (exact) mass is 365 g/mol. The lowest BCUT2D eigenvalue weighted by Gasteiger charge is -2.08. The van der Waals surface area contributed by atoms with Gasteiger partial charge in [0.15, 0.2) is 0 Å². The maximum absolute atomic E-state index is 11.5. The molecule has 2 rings (SSSR count). The molecule has 0 saturated heterocycles. The van der Waals surface area contributed by atoms with E-state index in [4.69, 9.17) is 27.9 Å². The standard InChI is InChI=1S/C17H17Cl2N3O2/c1-11(2)21-17(23)24-14-5-3-12(4-6-14)9-20-10-13-7-15(18)22-16(19)8-13/h3-9,11H,10H2,1-2H3,(H,21,23). The van der Waals surface area contributed by atoms with Crippen LogP contribution in [-0.2, 0) is 6.54 Å². The van der Waals surface area contributed by atoms with Crippen LogP contribution in [0.5, 0.6) is 5.75 Å². The summed E-state index contributed by atoms with van der Waals surface area (Å²) in [6.45, 7) is 4.17. The lowest BCUT2D eigenvalue weighted by atomic mass is 10.2. The Kier molecular flexibility index (Phi) is 6.58. The van der Waals surface area contributed by atoms with E-state index in [9.17, 15) is 4.79 Å². The van der Waals surface area contributed by atoms with Crippen LogP contribution in [0.15, 0.2) is 41.4 Å². The van der Waals surface area contributed by atoms with Gasteiger partial charge in [0.2, 0.25) is 0 Å². The summed E-state index contributed by atoms with van der Waals surface area (Å²) >= 11 is 11.7. The Morgan fingerprint density at radius 1 is 1.25 bits per heavy atom. The van der Waals surface area contributed by atoms with Crippen LogP contribution in [0.3, 0.4) is 0 Å². The number of carbonyl (C=O) groups is 1. The van der Waals surface area contributed by atoms with Gasteiger partial charge < -0.3 is 10.1 Å². The second-order valence-corrected chi connectivity index (χ2v) is 6.12. The third-order valence-corrected chi connectivity index (χ3v) is 3.22. The van der Waals surface area contributed by atoms with Crippen LogP contribution in [0.1, 0.15) is 25.0 Å². The molecule has 0 radical (unpaired) electrons. The molecule has 0 atom stereocenters. The van der Waals surface area contributed by atoms with Gasteiger partial charge in [0, 0.05) is 12.3 Å². The third-order valence-electron chi connectivity index (χ3n) is 2.83. The van der Waals surface area contributed by atoms with Crippen molar-refractivity contribution in [3.63, 3.8) is 0 Å². The number of aliphatic imine (C=N–C) groups is 1. The third kappa shape index (κ3) is 6.18. The maximum Gasteiger partial charge on any atom is 0.412 e. The van der Waals surface area contributed by atoms with E-state index in [1.165, 1.54) is 0 Å². The minimum atomic E-state index is -0.474. The molecule has 0 unspecified atom stereocenters. The van der Waals surface area contributed by atoms with E-state index in [1.807, 2.05) is 26.0 Å². The van der Waals surface area contributed by atoms with Crippen LogP contribution >= 0.6 is 23.2 Å². The number of nitrogens with zero attached hydrogens (tertiary/aromatic N) is 2. The molecule has 1 N–H and O–H groups in total. The summed E-state index contributed by atoms with van der Waals surface area (Å²) in [6.07, 6.45) is 1.25. The normalized spacial score (nSPS) is 11.0. The van der Waals surface area contributed by atoms with Crippen LogP contribution in [-0.4, -0.2) is 23.3 Å². The summed E-state index contributed by atoms with van der Waals surface area (Å²) in [5, 5.41) is 3.34. The Hall–Kier alpha value is -2.11. The van der Waals surface area contributed by atoms with Crippen molar-refractivity contribution in [2.75, 3.05) is 0 Å². The number of hydrogen-bond acceptors (Lipinski definition) is 4. The van der Waals surface area contributed by atoms with Crippen molar-refractivity contribution in [2.24, 2.45) is 4.99 Å². The highest BCUT2D eigenvalue weighted by Gasteiger charge is 2.05. The molecule has 126 valence electrons. The molecule has 0 fully saturated rings. The SMILES string of the molecule is CC(C)NC(=O)Oc1ccc(C=NCc2cc(Cl)nc(Cl)c2)cc1. The first-order valence-electron chi connectivity index (χ1n) is 7.32. The number of rotatable bonds is 5. The Bertz CT molecular complexity index is 711. The van der Waals surface area contributed by atoms with E-state index < -0.39 is 6.09 Å². The second-order valence-electron chi connectivity index (χ2n) is 5.35. The van der Waals surface area contributed by atoms with Gasteiger partial charge in [0.05, 0.1) is 6.54 Å². The fourth-order valence-corrected chi connectivity index (χ4v) is 2.36. The molecule has 1 heterocycles. The van der Waals surface area contributed by atoms with Gasteiger partial charge in [-0.05, 0) is 61.4 Å². The molecule has 1 aromatic carbocycles. The average molecular weight is 366 g/mol. The van der Waals surface area contributed by atoms with Crippen molar-refractivity contribution < 1.29 is 9.53 Å². The Balaban J connectivity index is 1.92. The van der Waals surface area contributed by atoms with E-state index in [-0.39, 0.29) is 6.04 Å². The van der Waals surface area contributed by atoms with Crippen LogP contribution in [0, 0.1) is 0 Å². The zero-order chi connectivity index (χ0) is 17.5. The van der Waals surface area contributed by atoms with Gasteiger partial charge in [0.1, 0.15) is 16.1 Å². The van der Waals surface area contributed by atoms with Crippen LogP contribution < -0.4 is 10.1 Å². The van der Waals surface area contributed by atoms with Crippen molar-refractivity contribution in [2.45, 2.75) is 26.4 Å². The predicted octanol–water partition coefficient (Wildman–Crippen LogP) is 4.50.